The number of ether oxygens (including phenoxy) is 1. The number of nitrogens with zero attached hydrogens (tertiary/aromatic N) is 2. The summed E-state index contributed by atoms with van der Waals surface area (Å²) in [5.41, 5.74) is 2.36. The zero-order valence-corrected chi connectivity index (χ0v) is 15.0. The molecule has 1 aromatic heterocycles. The first kappa shape index (κ1) is 19.1. The number of rotatable bonds is 8. The van der Waals surface area contributed by atoms with Crippen molar-refractivity contribution in [3.63, 3.8) is 0 Å². The number of hydrogen-bond donors (Lipinski definition) is 0. The molecule has 0 radical (unpaired) electrons. The van der Waals surface area contributed by atoms with Gasteiger partial charge in [-0.25, -0.2) is 4.39 Å². The summed E-state index contributed by atoms with van der Waals surface area (Å²) in [6, 6.07) is 8.51. The Morgan fingerprint density at radius 3 is 2.72 bits per heavy atom. The van der Waals surface area contributed by atoms with E-state index in [-0.39, 0.29) is 17.8 Å². The van der Waals surface area contributed by atoms with Crippen molar-refractivity contribution in [2.24, 2.45) is 0 Å². The van der Waals surface area contributed by atoms with Gasteiger partial charge in [0, 0.05) is 39.1 Å². The lowest BCUT2D eigenvalue weighted by atomic mass is 9.96. The molecule has 0 saturated heterocycles. The lowest BCUT2D eigenvalue weighted by Gasteiger charge is -2.32. The average molecular weight is 344 g/mol. The van der Waals surface area contributed by atoms with Gasteiger partial charge in [-0.05, 0) is 49.1 Å². The number of methoxy groups -OCH3 is 1. The minimum atomic E-state index is -0.284. The minimum absolute atomic E-state index is 0.0513. The maximum atomic E-state index is 13.7. The molecule has 0 spiro atoms. The standard InChI is InChI=1S/C20H25FN2O2/c1-4-23(19(24)8-6-12-25-3)20(17-7-5-11-22-14-17)16-9-10-18(21)15(2)13-16/h5,7,9-11,13-14,20H,4,6,8,12H2,1-3H3/t20-/m1/s1. The summed E-state index contributed by atoms with van der Waals surface area (Å²) in [6.07, 6.45) is 4.55. The van der Waals surface area contributed by atoms with Gasteiger partial charge < -0.3 is 9.64 Å². The van der Waals surface area contributed by atoms with E-state index in [1.165, 1.54) is 6.07 Å². The van der Waals surface area contributed by atoms with E-state index in [0.717, 1.165) is 11.1 Å². The molecule has 0 aliphatic carbocycles. The first-order valence-corrected chi connectivity index (χ1v) is 8.52. The maximum absolute atomic E-state index is 13.7. The van der Waals surface area contributed by atoms with Gasteiger partial charge in [-0.3, -0.25) is 9.78 Å². The molecule has 0 unspecified atom stereocenters. The van der Waals surface area contributed by atoms with E-state index in [1.54, 1.807) is 38.6 Å². The highest BCUT2D eigenvalue weighted by atomic mass is 19.1. The van der Waals surface area contributed by atoms with Crippen molar-refractivity contribution >= 4 is 5.91 Å². The summed E-state index contributed by atoms with van der Waals surface area (Å²) in [5, 5.41) is 0. The quantitative estimate of drug-likeness (QED) is 0.682. The number of amides is 1. The zero-order chi connectivity index (χ0) is 18.2. The molecular weight excluding hydrogens is 319 g/mol. The summed E-state index contributed by atoms with van der Waals surface area (Å²) in [6.45, 7) is 4.79. The largest absolute Gasteiger partial charge is 0.385 e. The van der Waals surface area contributed by atoms with Crippen LogP contribution >= 0.6 is 0 Å². The summed E-state index contributed by atoms with van der Waals surface area (Å²) in [4.78, 5) is 18.8. The second kappa shape index (κ2) is 9.28. The Morgan fingerprint density at radius 2 is 2.12 bits per heavy atom. The van der Waals surface area contributed by atoms with Gasteiger partial charge in [-0.15, -0.1) is 0 Å². The topological polar surface area (TPSA) is 42.4 Å². The third-order valence-electron chi connectivity index (χ3n) is 4.21. The number of hydrogen-bond acceptors (Lipinski definition) is 3. The molecule has 1 amide bonds. The molecule has 1 heterocycles. The first-order chi connectivity index (χ1) is 12.1. The van der Waals surface area contributed by atoms with E-state index < -0.39 is 0 Å². The SMILES string of the molecule is CCN(C(=O)CCCOC)[C@@H](c1cccnc1)c1ccc(F)c(C)c1. The molecule has 0 saturated carbocycles. The number of carbonyl (C=O) groups is 1. The van der Waals surface area contributed by atoms with Crippen LogP contribution in [0.1, 0.15) is 42.5 Å². The minimum Gasteiger partial charge on any atom is -0.385 e. The Kier molecular flexibility index (Phi) is 7.07. The number of aryl methyl sites for hydroxylation is 1. The molecular formula is C20H25FN2O2. The lowest BCUT2D eigenvalue weighted by Crippen LogP contribution is -2.35. The van der Waals surface area contributed by atoms with Crippen LogP contribution in [0.25, 0.3) is 0 Å². The smallest absolute Gasteiger partial charge is 0.223 e. The Hall–Kier alpha value is -2.27. The highest BCUT2D eigenvalue weighted by Gasteiger charge is 2.26. The second-order valence-electron chi connectivity index (χ2n) is 5.97. The molecule has 2 rings (SSSR count). The second-order valence-corrected chi connectivity index (χ2v) is 5.97. The van der Waals surface area contributed by atoms with Gasteiger partial charge in [0.15, 0.2) is 0 Å². The van der Waals surface area contributed by atoms with Crippen LogP contribution in [0.3, 0.4) is 0 Å². The average Bonchev–Trinajstić information content (AvgIpc) is 2.63. The van der Waals surface area contributed by atoms with Gasteiger partial charge in [-0.2, -0.15) is 0 Å². The Balaban J connectivity index is 2.39. The van der Waals surface area contributed by atoms with Crippen LogP contribution in [0.5, 0.6) is 0 Å². The molecule has 0 fully saturated rings. The van der Waals surface area contributed by atoms with Crippen LogP contribution in [0.15, 0.2) is 42.7 Å². The lowest BCUT2D eigenvalue weighted by molar-refractivity contribution is -0.133. The van der Waals surface area contributed by atoms with Crippen LogP contribution in [0.2, 0.25) is 0 Å². The number of halogens is 1. The van der Waals surface area contributed by atoms with Crippen LogP contribution < -0.4 is 0 Å². The summed E-state index contributed by atoms with van der Waals surface area (Å²) >= 11 is 0. The molecule has 5 heteroatoms. The number of benzene rings is 1. The molecule has 1 atom stereocenters. The molecule has 134 valence electrons. The predicted molar refractivity (Wildman–Crippen MR) is 95.7 cm³/mol. The van der Waals surface area contributed by atoms with Crippen molar-refractivity contribution in [2.75, 3.05) is 20.3 Å². The van der Waals surface area contributed by atoms with Gasteiger partial charge in [-0.1, -0.05) is 18.2 Å². The third kappa shape index (κ3) is 4.86. The van der Waals surface area contributed by atoms with E-state index in [9.17, 15) is 9.18 Å². The summed E-state index contributed by atoms with van der Waals surface area (Å²) < 4.78 is 18.7. The van der Waals surface area contributed by atoms with Crippen LogP contribution in [-0.4, -0.2) is 36.1 Å². The molecule has 0 aliphatic heterocycles. The highest BCUT2D eigenvalue weighted by Crippen LogP contribution is 2.30. The fourth-order valence-electron chi connectivity index (χ4n) is 2.94. The van der Waals surface area contributed by atoms with Crippen molar-refractivity contribution in [3.05, 3.63) is 65.2 Å². The van der Waals surface area contributed by atoms with E-state index in [0.29, 0.717) is 31.6 Å². The van der Waals surface area contributed by atoms with Gasteiger partial charge in [0.1, 0.15) is 5.82 Å². The van der Waals surface area contributed by atoms with Crippen molar-refractivity contribution in [2.45, 2.75) is 32.7 Å². The predicted octanol–water partition coefficient (Wildman–Crippen LogP) is 3.89. The van der Waals surface area contributed by atoms with Crippen molar-refractivity contribution < 1.29 is 13.9 Å². The van der Waals surface area contributed by atoms with Crippen LogP contribution in [0, 0.1) is 12.7 Å². The fourth-order valence-corrected chi connectivity index (χ4v) is 2.94. The fraction of sp³-hybridized carbons (Fsp3) is 0.400. The van der Waals surface area contributed by atoms with E-state index >= 15 is 0 Å². The number of aromatic nitrogens is 1. The monoisotopic (exact) mass is 344 g/mol. The highest BCUT2D eigenvalue weighted by molar-refractivity contribution is 5.77. The van der Waals surface area contributed by atoms with Gasteiger partial charge in [0.2, 0.25) is 5.91 Å². The molecule has 0 bridgehead atoms. The molecule has 25 heavy (non-hydrogen) atoms. The normalized spacial score (nSPS) is 12.0. The molecule has 0 N–H and O–H groups in total. The number of pyridine rings is 1. The molecule has 2 aromatic rings. The van der Waals surface area contributed by atoms with Crippen molar-refractivity contribution in [1.29, 1.82) is 0 Å². The zero-order valence-electron chi connectivity index (χ0n) is 15.0. The Morgan fingerprint density at radius 1 is 1.32 bits per heavy atom. The van der Waals surface area contributed by atoms with Crippen LogP contribution in [-0.2, 0) is 9.53 Å². The first-order valence-electron chi connectivity index (χ1n) is 8.52. The van der Waals surface area contributed by atoms with Gasteiger partial charge >= 0.3 is 0 Å². The van der Waals surface area contributed by atoms with Crippen molar-refractivity contribution in [1.82, 2.24) is 9.88 Å². The summed E-state index contributed by atoms with van der Waals surface area (Å²) in [7, 11) is 1.63. The maximum Gasteiger partial charge on any atom is 0.223 e. The molecule has 0 aliphatic rings. The Bertz CT molecular complexity index is 691. The van der Waals surface area contributed by atoms with Crippen LogP contribution in [0.4, 0.5) is 4.39 Å². The molecule has 1 aromatic carbocycles. The number of carbonyl (C=O) groups excluding carboxylic acids is 1. The van der Waals surface area contributed by atoms with Gasteiger partial charge in [0.25, 0.3) is 0 Å². The van der Waals surface area contributed by atoms with E-state index in [4.69, 9.17) is 4.74 Å². The summed E-state index contributed by atoms with van der Waals surface area (Å²) in [5.74, 6) is -0.196. The van der Waals surface area contributed by atoms with Gasteiger partial charge in [0.05, 0.1) is 6.04 Å². The Labute approximate surface area is 148 Å². The third-order valence-corrected chi connectivity index (χ3v) is 4.21. The molecule has 4 nitrogen and oxygen atoms in total. The van der Waals surface area contributed by atoms with E-state index in [2.05, 4.69) is 4.98 Å². The van der Waals surface area contributed by atoms with Crippen molar-refractivity contribution in [3.8, 4) is 0 Å². The van der Waals surface area contributed by atoms with E-state index in [1.807, 2.05) is 24.0 Å².